The lowest BCUT2D eigenvalue weighted by molar-refractivity contribution is 0.0592. The Bertz CT molecular complexity index is 521. The quantitative estimate of drug-likeness (QED) is 0.682. The summed E-state index contributed by atoms with van der Waals surface area (Å²) in [6.07, 6.45) is 2.56. The van der Waals surface area contributed by atoms with Gasteiger partial charge in [-0.25, -0.2) is 17.9 Å². The van der Waals surface area contributed by atoms with Crippen LogP contribution >= 0.6 is 0 Å². The van der Waals surface area contributed by atoms with Crippen LogP contribution in [0.25, 0.3) is 0 Å². The number of ether oxygens (including phenoxy) is 1. The molecule has 0 aliphatic carbocycles. The van der Waals surface area contributed by atoms with Gasteiger partial charge < -0.3 is 4.74 Å². The molecule has 7 nitrogen and oxygen atoms in total. The first-order valence-corrected chi connectivity index (χ1v) is 7.63. The standard InChI is InChI=1S/C10H17N3O4S/c1-4-5-8-9(10(14)17-2)11-12-13(8)6-7-18(3,15)16/h4-7H2,1-3H3. The van der Waals surface area contributed by atoms with Gasteiger partial charge in [0.15, 0.2) is 5.69 Å². The van der Waals surface area contributed by atoms with Crippen molar-refractivity contribution in [3.8, 4) is 0 Å². The molecule has 0 radical (unpaired) electrons. The second-order valence-corrected chi connectivity index (χ2v) is 6.24. The van der Waals surface area contributed by atoms with Crippen LogP contribution in [0.5, 0.6) is 0 Å². The van der Waals surface area contributed by atoms with E-state index >= 15 is 0 Å². The number of esters is 1. The topological polar surface area (TPSA) is 91.2 Å². The number of carbonyl (C=O) groups excluding carboxylic acids is 1. The van der Waals surface area contributed by atoms with Crippen LogP contribution < -0.4 is 0 Å². The summed E-state index contributed by atoms with van der Waals surface area (Å²) in [7, 11) is -1.80. The van der Waals surface area contributed by atoms with Crippen molar-refractivity contribution in [1.82, 2.24) is 15.0 Å². The molecule has 102 valence electrons. The van der Waals surface area contributed by atoms with Gasteiger partial charge in [-0.15, -0.1) is 5.10 Å². The molecule has 0 bridgehead atoms. The van der Waals surface area contributed by atoms with Gasteiger partial charge in [-0.05, 0) is 6.42 Å². The number of nitrogens with zero attached hydrogens (tertiary/aromatic N) is 3. The summed E-state index contributed by atoms with van der Waals surface area (Å²) in [5, 5.41) is 7.56. The summed E-state index contributed by atoms with van der Waals surface area (Å²) in [6.45, 7) is 2.15. The van der Waals surface area contributed by atoms with Crippen LogP contribution in [-0.4, -0.2) is 48.5 Å². The number of sulfone groups is 1. The van der Waals surface area contributed by atoms with E-state index in [2.05, 4.69) is 15.0 Å². The van der Waals surface area contributed by atoms with E-state index in [0.29, 0.717) is 12.1 Å². The summed E-state index contributed by atoms with van der Waals surface area (Å²) in [4.78, 5) is 11.5. The normalized spacial score (nSPS) is 11.5. The molecule has 0 fully saturated rings. The zero-order valence-corrected chi connectivity index (χ0v) is 11.5. The van der Waals surface area contributed by atoms with E-state index in [0.717, 1.165) is 12.7 Å². The largest absolute Gasteiger partial charge is 0.464 e. The van der Waals surface area contributed by atoms with Crippen molar-refractivity contribution in [1.29, 1.82) is 0 Å². The zero-order chi connectivity index (χ0) is 13.8. The highest BCUT2D eigenvalue weighted by atomic mass is 32.2. The maximum absolute atomic E-state index is 11.5. The van der Waals surface area contributed by atoms with Crippen molar-refractivity contribution < 1.29 is 17.9 Å². The number of methoxy groups -OCH3 is 1. The predicted octanol–water partition coefficient (Wildman–Crippen LogP) is 0.0618. The first-order valence-electron chi connectivity index (χ1n) is 5.57. The maximum Gasteiger partial charge on any atom is 0.360 e. The van der Waals surface area contributed by atoms with Crippen molar-refractivity contribution in [2.24, 2.45) is 0 Å². The first-order chi connectivity index (χ1) is 8.39. The van der Waals surface area contributed by atoms with Crippen molar-refractivity contribution in [3.63, 3.8) is 0 Å². The Morgan fingerprint density at radius 3 is 2.61 bits per heavy atom. The molecule has 8 heteroatoms. The summed E-state index contributed by atoms with van der Waals surface area (Å²) >= 11 is 0. The molecule has 0 aliphatic heterocycles. The number of aryl methyl sites for hydroxylation is 1. The predicted molar refractivity (Wildman–Crippen MR) is 65.1 cm³/mol. The van der Waals surface area contributed by atoms with Gasteiger partial charge >= 0.3 is 5.97 Å². The highest BCUT2D eigenvalue weighted by molar-refractivity contribution is 7.90. The van der Waals surface area contributed by atoms with E-state index in [-0.39, 0.29) is 18.0 Å². The van der Waals surface area contributed by atoms with Crippen LogP contribution in [0, 0.1) is 0 Å². The highest BCUT2D eigenvalue weighted by Crippen LogP contribution is 2.10. The van der Waals surface area contributed by atoms with Crippen molar-refractivity contribution in [2.45, 2.75) is 26.3 Å². The summed E-state index contributed by atoms with van der Waals surface area (Å²) in [6, 6.07) is 0. The average Bonchev–Trinajstić information content (AvgIpc) is 2.68. The Morgan fingerprint density at radius 1 is 1.44 bits per heavy atom. The second-order valence-electron chi connectivity index (χ2n) is 3.98. The first kappa shape index (κ1) is 14.6. The minimum Gasteiger partial charge on any atom is -0.464 e. The van der Waals surface area contributed by atoms with Crippen LogP contribution in [0.4, 0.5) is 0 Å². The van der Waals surface area contributed by atoms with Gasteiger partial charge in [0.1, 0.15) is 9.84 Å². The molecule has 1 aromatic heterocycles. The number of hydrogen-bond acceptors (Lipinski definition) is 6. The van der Waals surface area contributed by atoms with E-state index < -0.39 is 15.8 Å². The summed E-state index contributed by atoms with van der Waals surface area (Å²) < 4.78 is 28.3. The third-order valence-electron chi connectivity index (χ3n) is 2.38. The maximum atomic E-state index is 11.5. The Morgan fingerprint density at radius 2 is 2.11 bits per heavy atom. The lowest BCUT2D eigenvalue weighted by Gasteiger charge is -2.05. The lowest BCUT2D eigenvalue weighted by Crippen LogP contribution is -2.15. The van der Waals surface area contributed by atoms with Gasteiger partial charge in [0.2, 0.25) is 0 Å². The van der Waals surface area contributed by atoms with Crippen LogP contribution in [0.1, 0.15) is 29.5 Å². The second kappa shape index (κ2) is 5.94. The number of aromatic nitrogens is 3. The average molecular weight is 275 g/mol. The van der Waals surface area contributed by atoms with Crippen LogP contribution in [0.15, 0.2) is 0 Å². The molecule has 0 atom stereocenters. The highest BCUT2D eigenvalue weighted by Gasteiger charge is 2.20. The molecule has 0 saturated heterocycles. The molecule has 0 spiro atoms. The van der Waals surface area contributed by atoms with Crippen molar-refractivity contribution in [2.75, 3.05) is 19.1 Å². The Balaban J connectivity index is 2.98. The Hall–Kier alpha value is -1.44. The minimum atomic E-state index is -3.08. The van der Waals surface area contributed by atoms with Gasteiger partial charge in [-0.1, -0.05) is 18.6 Å². The Labute approximate surface area is 106 Å². The molecular formula is C10H17N3O4S. The lowest BCUT2D eigenvalue weighted by atomic mass is 10.2. The van der Waals surface area contributed by atoms with Crippen molar-refractivity contribution >= 4 is 15.8 Å². The van der Waals surface area contributed by atoms with E-state index in [4.69, 9.17) is 0 Å². The monoisotopic (exact) mass is 275 g/mol. The molecule has 0 aliphatic rings. The third kappa shape index (κ3) is 3.80. The van der Waals surface area contributed by atoms with E-state index in [9.17, 15) is 13.2 Å². The van der Waals surface area contributed by atoms with Gasteiger partial charge in [0, 0.05) is 6.26 Å². The molecule has 1 heterocycles. The zero-order valence-electron chi connectivity index (χ0n) is 10.7. The van der Waals surface area contributed by atoms with E-state index in [1.54, 1.807) is 0 Å². The van der Waals surface area contributed by atoms with Gasteiger partial charge in [0.05, 0.1) is 25.1 Å². The molecule has 0 saturated carbocycles. The van der Waals surface area contributed by atoms with Gasteiger partial charge in [-0.3, -0.25) is 0 Å². The fourth-order valence-electron chi connectivity index (χ4n) is 1.50. The Kier molecular flexibility index (Phi) is 4.83. The minimum absolute atomic E-state index is 0.0340. The molecule has 0 N–H and O–H groups in total. The molecule has 1 rings (SSSR count). The molecular weight excluding hydrogens is 258 g/mol. The summed E-state index contributed by atoms with van der Waals surface area (Å²) in [5.41, 5.74) is 0.779. The number of rotatable bonds is 6. The molecule has 18 heavy (non-hydrogen) atoms. The third-order valence-corrected chi connectivity index (χ3v) is 3.30. The fourth-order valence-corrected chi connectivity index (χ4v) is 2.01. The molecule has 1 aromatic rings. The SMILES string of the molecule is CCCc1c(C(=O)OC)nnn1CCS(C)(=O)=O. The van der Waals surface area contributed by atoms with Crippen LogP contribution in [0.2, 0.25) is 0 Å². The molecule has 0 amide bonds. The van der Waals surface area contributed by atoms with Gasteiger partial charge in [0.25, 0.3) is 0 Å². The number of carbonyl (C=O) groups is 1. The number of hydrogen-bond donors (Lipinski definition) is 0. The summed E-state index contributed by atoms with van der Waals surface area (Å²) in [5.74, 6) is -0.586. The fraction of sp³-hybridized carbons (Fsp3) is 0.700. The van der Waals surface area contributed by atoms with Crippen LogP contribution in [0.3, 0.4) is 0 Å². The van der Waals surface area contributed by atoms with Crippen molar-refractivity contribution in [3.05, 3.63) is 11.4 Å². The van der Waals surface area contributed by atoms with E-state index in [1.807, 2.05) is 6.92 Å². The smallest absolute Gasteiger partial charge is 0.360 e. The molecule has 0 aromatic carbocycles. The van der Waals surface area contributed by atoms with Gasteiger partial charge in [-0.2, -0.15) is 0 Å². The van der Waals surface area contributed by atoms with E-state index in [1.165, 1.54) is 11.8 Å². The molecule has 0 unspecified atom stereocenters. The van der Waals surface area contributed by atoms with Crippen LogP contribution in [-0.2, 0) is 27.5 Å².